The number of rotatable bonds is 6. The number of hydrogen-bond donors (Lipinski definition) is 3. The van der Waals surface area contributed by atoms with E-state index in [0.717, 1.165) is 0 Å². The van der Waals surface area contributed by atoms with E-state index in [2.05, 4.69) is 16.0 Å². The zero-order valence-corrected chi connectivity index (χ0v) is 15.6. The molecule has 0 spiro atoms. The second-order valence-electron chi connectivity index (χ2n) is 6.21. The molecule has 1 heterocycles. The van der Waals surface area contributed by atoms with Crippen molar-refractivity contribution in [2.24, 2.45) is 0 Å². The van der Waals surface area contributed by atoms with Gasteiger partial charge in [-0.3, -0.25) is 14.4 Å². The van der Waals surface area contributed by atoms with Crippen LogP contribution in [0.5, 0.6) is 11.5 Å². The van der Waals surface area contributed by atoms with Crippen molar-refractivity contribution in [2.45, 2.75) is 18.9 Å². The lowest BCUT2D eigenvalue weighted by atomic mass is 10.1. The molecule has 28 heavy (non-hydrogen) atoms. The van der Waals surface area contributed by atoms with Gasteiger partial charge in [0.2, 0.25) is 11.8 Å². The average Bonchev–Trinajstić information content (AvgIpc) is 2.82. The van der Waals surface area contributed by atoms with E-state index < -0.39 is 6.04 Å². The van der Waals surface area contributed by atoms with Crippen molar-refractivity contribution >= 4 is 29.1 Å². The quantitative estimate of drug-likeness (QED) is 0.709. The molecule has 0 aliphatic carbocycles. The Balaban J connectivity index is 1.64. The minimum absolute atomic E-state index is 0.0368. The van der Waals surface area contributed by atoms with Crippen molar-refractivity contribution in [2.75, 3.05) is 24.9 Å². The normalized spacial score (nSPS) is 15.6. The van der Waals surface area contributed by atoms with Gasteiger partial charge in [0.05, 0.1) is 31.2 Å². The van der Waals surface area contributed by atoms with E-state index in [-0.39, 0.29) is 30.6 Å². The minimum atomic E-state index is -0.808. The molecule has 0 bridgehead atoms. The zero-order chi connectivity index (χ0) is 20.1. The van der Waals surface area contributed by atoms with E-state index >= 15 is 0 Å². The third kappa shape index (κ3) is 4.22. The SMILES string of the molecule is COc1ccc(OC)c(NC(=O)CCC2NC(=O)c3ccccc3NC2=O)c1. The molecule has 8 heteroatoms. The monoisotopic (exact) mass is 383 g/mol. The molecule has 1 unspecified atom stereocenters. The van der Waals surface area contributed by atoms with E-state index in [1.165, 1.54) is 14.2 Å². The Morgan fingerprint density at radius 3 is 2.64 bits per heavy atom. The fraction of sp³-hybridized carbons (Fsp3) is 0.250. The molecule has 1 aliphatic rings. The van der Waals surface area contributed by atoms with E-state index in [1.807, 2.05) is 0 Å². The van der Waals surface area contributed by atoms with Crippen LogP contribution in [0.1, 0.15) is 23.2 Å². The van der Waals surface area contributed by atoms with E-state index in [4.69, 9.17) is 9.47 Å². The molecule has 1 atom stereocenters. The second-order valence-corrected chi connectivity index (χ2v) is 6.21. The molecule has 0 aromatic heterocycles. The number of nitrogens with one attached hydrogen (secondary N) is 3. The highest BCUT2D eigenvalue weighted by atomic mass is 16.5. The lowest BCUT2D eigenvalue weighted by Crippen LogP contribution is -2.41. The number of carbonyl (C=O) groups is 3. The molecule has 1 aliphatic heterocycles. The molecule has 0 fully saturated rings. The summed E-state index contributed by atoms with van der Waals surface area (Å²) >= 11 is 0. The van der Waals surface area contributed by atoms with Gasteiger partial charge in [0.1, 0.15) is 17.5 Å². The highest BCUT2D eigenvalue weighted by Crippen LogP contribution is 2.29. The smallest absolute Gasteiger partial charge is 0.254 e. The molecule has 0 radical (unpaired) electrons. The number of para-hydroxylation sites is 1. The van der Waals surface area contributed by atoms with Gasteiger partial charge < -0.3 is 25.4 Å². The summed E-state index contributed by atoms with van der Waals surface area (Å²) in [5.74, 6) is 0.0450. The van der Waals surface area contributed by atoms with Crippen LogP contribution in [0.15, 0.2) is 42.5 Å². The van der Waals surface area contributed by atoms with E-state index in [9.17, 15) is 14.4 Å². The summed E-state index contributed by atoms with van der Waals surface area (Å²) < 4.78 is 10.4. The number of anilines is 2. The molecular formula is C20H21N3O5. The van der Waals surface area contributed by atoms with Gasteiger partial charge in [-0.2, -0.15) is 0 Å². The summed E-state index contributed by atoms with van der Waals surface area (Å²) in [6.07, 6.45) is 0.193. The number of benzene rings is 2. The molecular weight excluding hydrogens is 362 g/mol. The van der Waals surface area contributed by atoms with Gasteiger partial charge in [0, 0.05) is 12.5 Å². The Hall–Kier alpha value is -3.55. The van der Waals surface area contributed by atoms with Crippen LogP contribution in [0, 0.1) is 0 Å². The van der Waals surface area contributed by atoms with E-state index in [0.29, 0.717) is 28.4 Å². The first-order valence-corrected chi connectivity index (χ1v) is 8.74. The highest BCUT2D eigenvalue weighted by molar-refractivity contribution is 6.10. The molecule has 3 rings (SSSR count). The average molecular weight is 383 g/mol. The van der Waals surface area contributed by atoms with Gasteiger partial charge in [-0.05, 0) is 30.7 Å². The lowest BCUT2D eigenvalue weighted by Gasteiger charge is -2.15. The van der Waals surface area contributed by atoms with E-state index in [1.54, 1.807) is 42.5 Å². The molecule has 2 aromatic carbocycles. The van der Waals surface area contributed by atoms with Crippen molar-refractivity contribution in [1.29, 1.82) is 0 Å². The molecule has 0 saturated carbocycles. The van der Waals surface area contributed by atoms with Crippen molar-refractivity contribution in [3.05, 3.63) is 48.0 Å². The maximum absolute atomic E-state index is 12.4. The third-order valence-corrected chi connectivity index (χ3v) is 4.39. The van der Waals surface area contributed by atoms with Crippen LogP contribution < -0.4 is 25.4 Å². The van der Waals surface area contributed by atoms with Crippen LogP contribution in [0.2, 0.25) is 0 Å². The highest BCUT2D eigenvalue weighted by Gasteiger charge is 2.27. The standard InChI is InChI=1S/C20H21N3O5/c1-27-12-7-9-17(28-2)16(11-12)21-18(24)10-8-15-20(26)22-14-6-4-3-5-13(14)19(25)23-15/h3-7,9,11,15H,8,10H2,1-2H3,(H,21,24)(H,22,26)(H,23,25). The molecule has 3 N–H and O–H groups in total. The van der Waals surface area contributed by atoms with Crippen molar-refractivity contribution in [3.8, 4) is 11.5 Å². The van der Waals surface area contributed by atoms with Crippen molar-refractivity contribution < 1.29 is 23.9 Å². The van der Waals surface area contributed by atoms with Gasteiger partial charge in [-0.1, -0.05) is 12.1 Å². The van der Waals surface area contributed by atoms with Crippen LogP contribution in [0.25, 0.3) is 0 Å². The topological polar surface area (TPSA) is 106 Å². The lowest BCUT2D eigenvalue weighted by molar-refractivity contribution is -0.118. The largest absolute Gasteiger partial charge is 0.497 e. The summed E-state index contributed by atoms with van der Waals surface area (Å²) in [4.78, 5) is 37.1. The summed E-state index contributed by atoms with van der Waals surface area (Å²) in [7, 11) is 3.03. The van der Waals surface area contributed by atoms with Crippen LogP contribution in [-0.2, 0) is 9.59 Å². The molecule has 8 nitrogen and oxygen atoms in total. The number of ether oxygens (including phenoxy) is 2. The first-order chi connectivity index (χ1) is 13.5. The number of amides is 3. The van der Waals surface area contributed by atoms with Gasteiger partial charge in [-0.25, -0.2) is 0 Å². The number of fused-ring (bicyclic) bond motifs is 1. The Morgan fingerprint density at radius 1 is 1.11 bits per heavy atom. The predicted octanol–water partition coefficient (Wildman–Crippen LogP) is 2.17. The number of hydrogen-bond acceptors (Lipinski definition) is 5. The van der Waals surface area contributed by atoms with Gasteiger partial charge in [-0.15, -0.1) is 0 Å². The summed E-state index contributed by atoms with van der Waals surface area (Å²) in [6, 6.07) is 11.0. The van der Waals surface area contributed by atoms with Crippen molar-refractivity contribution in [3.63, 3.8) is 0 Å². The Labute approximate surface area is 162 Å². The summed E-state index contributed by atoms with van der Waals surface area (Å²) in [5.41, 5.74) is 1.32. The van der Waals surface area contributed by atoms with Crippen molar-refractivity contribution in [1.82, 2.24) is 5.32 Å². The molecule has 3 amide bonds. The number of methoxy groups -OCH3 is 2. The van der Waals surface area contributed by atoms with Crippen LogP contribution >= 0.6 is 0 Å². The van der Waals surface area contributed by atoms with Crippen LogP contribution in [-0.4, -0.2) is 38.0 Å². The zero-order valence-electron chi connectivity index (χ0n) is 15.6. The predicted molar refractivity (Wildman–Crippen MR) is 104 cm³/mol. The Morgan fingerprint density at radius 2 is 1.89 bits per heavy atom. The fourth-order valence-electron chi connectivity index (χ4n) is 2.91. The Bertz CT molecular complexity index is 912. The van der Waals surface area contributed by atoms with Crippen LogP contribution in [0.3, 0.4) is 0 Å². The number of carbonyl (C=O) groups excluding carboxylic acids is 3. The van der Waals surface area contributed by atoms with Gasteiger partial charge >= 0.3 is 0 Å². The maximum Gasteiger partial charge on any atom is 0.254 e. The van der Waals surface area contributed by atoms with Crippen LogP contribution in [0.4, 0.5) is 11.4 Å². The third-order valence-electron chi connectivity index (χ3n) is 4.39. The maximum atomic E-state index is 12.4. The Kier molecular flexibility index (Phi) is 5.78. The summed E-state index contributed by atoms with van der Waals surface area (Å²) in [5, 5.41) is 8.13. The second kappa shape index (κ2) is 8.43. The molecule has 0 saturated heterocycles. The molecule has 2 aromatic rings. The van der Waals surface area contributed by atoms with Gasteiger partial charge in [0.25, 0.3) is 5.91 Å². The first-order valence-electron chi connectivity index (χ1n) is 8.74. The first kappa shape index (κ1) is 19.2. The minimum Gasteiger partial charge on any atom is -0.497 e. The fourth-order valence-corrected chi connectivity index (χ4v) is 2.91. The summed E-state index contributed by atoms with van der Waals surface area (Å²) in [6.45, 7) is 0. The van der Waals surface area contributed by atoms with Gasteiger partial charge in [0.15, 0.2) is 0 Å². The molecule has 146 valence electrons.